The highest BCUT2D eigenvalue weighted by Gasteiger charge is 2.34. The molecule has 0 aliphatic carbocycles. The van der Waals surface area contributed by atoms with E-state index in [9.17, 15) is 9.18 Å². The molecular formula is C25H16FNO2. The van der Waals surface area contributed by atoms with Crippen LogP contribution in [0.4, 0.5) is 4.39 Å². The van der Waals surface area contributed by atoms with Crippen molar-refractivity contribution in [3.05, 3.63) is 100 Å². The van der Waals surface area contributed by atoms with E-state index in [1.54, 1.807) is 6.07 Å². The molecular weight excluding hydrogens is 365 g/mol. The molecule has 2 aromatic heterocycles. The number of nitrogens with zero attached hydrogens (tertiary/aromatic N) is 1. The lowest BCUT2D eigenvalue weighted by molar-refractivity contribution is 0.530. The molecule has 0 unspecified atom stereocenters. The first-order chi connectivity index (χ1) is 14.2. The van der Waals surface area contributed by atoms with Gasteiger partial charge in [-0.1, -0.05) is 67.6 Å². The third kappa shape index (κ3) is 2.03. The lowest BCUT2D eigenvalue weighted by atomic mass is 9.95. The Balaban J connectivity index is 1.92. The molecule has 0 radical (unpaired) electrons. The summed E-state index contributed by atoms with van der Waals surface area (Å²) in [7, 11) is 0. The molecule has 0 spiro atoms. The van der Waals surface area contributed by atoms with Crippen LogP contribution in [-0.2, 0) is 0 Å². The van der Waals surface area contributed by atoms with Crippen LogP contribution in [0.25, 0.3) is 38.7 Å². The third-order valence-corrected chi connectivity index (χ3v) is 5.94. The number of rotatable bonds is 1. The lowest BCUT2D eigenvalue weighted by Crippen LogP contribution is -2.03. The molecule has 5 aromatic rings. The van der Waals surface area contributed by atoms with Crippen molar-refractivity contribution in [3.63, 3.8) is 0 Å². The fourth-order valence-electron chi connectivity index (χ4n) is 4.75. The van der Waals surface area contributed by atoms with Gasteiger partial charge in [-0.15, -0.1) is 0 Å². The van der Waals surface area contributed by atoms with Gasteiger partial charge in [-0.3, -0.25) is 0 Å². The fraction of sp³-hybridized carbons (Fsp3) is 0.0800. The zero-order valence-electron chi connectivity index (χ0n) is 15.6. The Morgan fingerprint density at radius 3 is 2.48 bits per heavy atom. The highest BCUT2D eigenvalue weighted by Crippen LogP contribution is 2.48. The highest BCUT2D eigenvalue weighted by molar-refractivity contribution is 6.13. The van der Waals surface area contributed by atoms with Crippen molar-refractivity contribution in [2.75, 3.05) is 0 Å². The standard InChI is InChI=1S/C25H16FNO2/c1-14-16-10-5-6-13-19(16)27-22(14)20-17-11-7-12-18(26)24(17)29-25(28)21(20)23(27)15-8-3-2-4-9-15/h2-14H,1H3/t14-/m0/s1. The summed E-state index contributed by atoms with van der Waals surface area (Å²) in [5.74, 6) is -0.453. The molecule has 0 bridgehead atoms. The van der Waals surface area contributed by atoms with Crippen LogP contribution in [0.1, 0.15) is 24.1 Å². The van der Waals surface area contributed by atoms with Gasteiger partial charge in [0.1, 0.15) is 0 Å². The Hall–Kier alpha value is -3.66. The van der Waals surface area contributed by atoms with E-state index in [1.165, 1.54) is 11.6 Å². The average Bonchev–Trinajstić information content (AvgIpc) is 3.25. The van der Waals surface area contributed by atoms with Gasteiger partial charge < -0.3 is 8.98 Å². The maximum absolute atomic E-state index is 14.5. The molecule has 1 atom stereocenters. The molecule has 3 nitrogen and oxygen atoms in total. The maximum atomic E-state index is 14.5. The van der Waals surface area contributed by atoms with Crippen LogP contribution in [-0.4, -0.2) is 4.57 Å². The summed E-state index contributed by atoms with van der Waals surface area (Å²) in [6.07, 6.45) is 0. The Labute approximate surface area is 165 Å². The zero-order chi connectivity index (χ0) is 19.7. The van der Waals surface area contributed by atoms with Gasteiger partial charge in [0.15, 0.2) is 11.4 Å². The van der Waals surface area contributed by atoms with Crippen LogP contribution in [0.15, 0.2) is 82.0 Å². The van der Waals surface area contributed by atoms with Gasteiger partial charge in [-0.2, -0.15) is 0 Å². The quantitative estimate of drug-likeness (QED) is 0.333. The van der Waals surface area contributed by atoms with Crippen molar-refractivity contribution in [1.29, 1.82) is 0 Å². The summed E-state index contributed by atoms with van der Waals surface area (Å²) in [5, 5.41) is 1.91. The Kier molecular flexibility index (Phi) is 3.19. The molecule has 0 saturated carbocycles. The van der Waals surface area contributed by atoms with Gasteiger partial charge in [0.2, 0.25) is 0 Å². The number of halogens is 1. The summed E-state index contributed by atoms with van der Waals surface area (Å²) in [6, 6.07) is 22.9. The number of para-hydroxylation sites is 2. The lowest BCUT2D eigenvalue weighted by Gasteiger charge is -2.09. The zero-order valence-corrected chi connectivity index (χ0v) is 15.6. The third-order valence-electron chi connectivity index (χ3n) is 5.94. The molecule has 0 N–H and O–H groups in total. The molecule has 1 aliphatic heterocycles. The first-order valence-electron chi connectivity index (χ1n) is 9.61. The normalized spacial score (nSPS) is 15.0. The molecule has 6 rings (SSSR count). The molecule has 0 amide bonds. The molecule has 4 heteroatoms. The van der Waals surface area contributed by atoms with Crippen molar-refractivity contribution >= 4 is 21.7 Å². The van der Waals surface area contributed by atoms with E-state index in [0.29, 0.717) is 10.8 Å². The fourth-order valence-corrected chi connectivity index (χ4v) is 4.75. The number of hydrogen-bond acceptors (Lipinski definition) is 2. The molecule has 3 heterocycles. The van der Waals surface area contributed by atoms with Crippen molar-refractivity contribution in [2.24, 2.45) is 0 Å². The van der Waals surface area contributed by atoms with Crippen LogP contribution in [0.2, 0.25) is 0 Å². The van der Waals surface area contributed by atoms with Crippen LogP contribution in [0.3, 0.4) is 0 Å². The molecule has 29 heavy (non-hydrogen) atoms. The minimum Gasteiger partial charge on any atom is -0.419 e. The van der Waals surface area contributed by atoms with Crippen molar-refractivity contribution in [1.82, 2.24) is 4.57 Å². The van der Waals surface area contributed by atoms with Crippen LogP contribution in [0, 0.1) is 5.82 Å². The van der Waals surface area contributed by atoms with E-state index in [4.69, 9.17) is 4.42 Å². The minimum absolute atomic E-state index is 0.0150. The Bertz CT molecular complexity index is 1490. The van der Waals surface area contributed by atoms with E-state index in [0.717, 1.165) is 28.0 Å². The smallest absolute Gasteiger partial charge is 0.346 e. The van der Waals surface area contributed by atoms with Crippen LogP contribution >= 0.6 is 0 Å². The van der Waals surface area contributed by atoms with E-state index in [1.807, 2.05) is 48.5 Å². The summed E-state index contributed by atoms with van der Waals surface area (Å²) in [5.41, 5.74) is 4.48. The van der Waals surface area contributed by atoms with Gasteiger partial charge in [0.25, 0.3) is 0 Å². The predicted molar refractivity (Wildman–Crippen MR) is 112 cm³/mol. The molecule has 0 saturated heterocycles. The largest absolute Gasteiger partial charge is 0.419 e. The van der Waals surface area contributed by atoms with Crippen molar-refractivity contribution in [2.45, 2.75) is 12.8 Å². The first-order valence-corrected chi connectivity index (χ1v) is 9.61. The summed E-state index contributed by atoms with van der Waals surface area (Å²) < 4.78 is 22.1. The van der Waals surface area contributed by atoms with Gasteiger partial charge in [-0.05, 0) is 23.3 Å². The van der Waals surface area contributed by atoms with E-state index in [-0.39, 0.29) is 11.5 Å². The monoisotopic (exact) mass is 381 g/mol. The number of fused-ring (bicyclic) bond motifs is 7. The first kappa shape index (κ1) is 16.3. The Morgan fingerprint density at radius 2 is 1.66 bits per heavy atom. The molecule has 140 valence electrons. The predicted octanol–water partition coefficient (Wildman–Crippen LogP) is 6.01. The second-order valence-electron chi connectivity index (χ2n) is 7.47. The Morgan fingerprint density at radius 1 is 0.897 bits per heavy atom. The number of benzene rings is 3. The van der Waals surface area contributed by atoms with Crippen molar-refractivity contribution < 1.29 is 8.81 Å². The second kappa shape index (κ2) is 5.67. The van der Waals surface area contributed by atoms with Crippen LogP contribution < -0.4 is 5.63 Å². The SMILES string of the molecule is C[C@H]1c2ccccc2-n2c(-c3ccccc3)c3c(=O)oc4c(F)cccc4c3c21. The topological polar surface area (TPSA) is 35.1 Å². The van der Waals surface area contributed by atoms with Gasteiger partial charge in [0.05, 0.1) is 11.1 Å². The number of hydrogen-bond donors (Lipinski definition) is 0. The summed E-state index contributed by atoms with van der Waals surface area (Å²) in [6.45, 7) is 2.13. The van der Waals surface area contributed by atoms with E-state index in [2.05, 4.69) is 23.6 Å². The van der Waals surface area contributed by atoms with Gasteiger partial charge in [0, 0.05) is 28.1 Å². The maximum Gasteiger partial charge on any atom is 0.346 e. The van der Waals surface area contributed by atoms with Crippen molar-refractivity contribution in [3.8, 4) is 16.9 Å². The summed E-state index contributed by atoms with van der Waals surface area (Å²) >= 11 is 0. The van der Waals surface area contributed by atoms with E-state index < -0.39 is 11.4 Å². The van der Waals surface area contributed by atoms with E-state index >= 15 is 0 Å². The van der Waals surface area contributed by atoms with Gasteiger partial charge in [-0.25, -0.2) is 9.18 Å². The van der Waals surface area contributed by atoms with Crippen LogP contribution in [0.5, 0.6) is 0 Å². The summed E-state index contributed by atoms with van der Waals surface area (Å²) in [4.78, 5) is 13.1. The minimum atomic E-state index is -0.522. The molecule has 0 fully saturated rings. The molecule has 3 aromatic carbocycles. The number of aromatic nitrogens is 1. The average molecular weight is 381 g/mol. The molecule has 1 aliphatic rings. The second-order valence-corrected chi connectivity index (χ2v) is 7.47. The van der Waals surface area contributed by atoms with Gasteiger partial charge >= 0.3 is 5.63 Å². The highest BCUT2D eigenvalue weighted by atomic mass is 19.1.